The van der Waals surface area contributed by atoms with E-state index in [2.05, 4.69) is 10.5 Å². The molecule has 1 amide bonds. The first-order chi connectivity index (χ1) is 10.5. The fourth-order valence-corrected chi connectivity index (χ4v) is 1.90. The lowest BCUT2D eigenvalue weighted by atomic mass is 10.1. The van der Waals surface area contributed by atoms with Crippen molar-refractivity contribution < 1.29 is 18.8 Å². The van der Waals surface area contributed by atoms with Crippen molar-refractivity contribution in [1.82, 2.24) is 10.5 Å². The second-order valence-electron chi connectivity index (χ2n) is 5.25. The van der Waals surface area contributed by atoms with Crippen LogP contribution in [-0.4, -0.2) is 31.8 Å². The molecule has 1 aromatic carbocycles. The normalized spacial score (nSPS) is 10.6. The van der Waals surface area contributed by atoms with Gasteiger partial charge in [0.25, 0.3) is 5.91 Å². The zero-order valence-corrected chi connectivity index (χ0v) is 13.2. The number of methoxy groups -OCH3 is 2. The third-order valence-corrected chi connectivity index (χ3v) is 3.08. The first-order valence-corrected chi connectivity index (χ1v) is 7.02. The molecule has 0 bridgehead atoms. The van der Waals surface area contributed by atoms with E-state index in [4.69, 9.17) is 14.0 Å². The maximum absolute atomic E-state index is 11.9. The molecule has 1 heterocycles. The van der Waals surface area contributed by atoms with Crippen molar-refractivity contribution in [2.45, 2.75) is 13.8 Å². The highest BCUT2D eigenvalue weighted by Gasteiger charge is 2.15. The number of carbonyl (C=O) groups is 1. The summed E-state index contributed by atoms with van der Waals surface area (Å²) >= 11 is 0. The highest BCUT2D eigenvalue weighted by atomic mass is 16.5. The molecule has 0 atom stereocenters. The molecule has 2 rings (SSSR count). The minimum absolute atomic E-state index is 0.246. The van der Waals surface area contributed by atoms with Gasteiger partial charge in [0.05, 0.1) is 14.2 Å². The molecule has 6 heteroatoms. The average Bonchev–Trinajstić information content (AvgIpc) is 3.01. The number of benzene rings is 1. The van der Waals surface area contributed by atoms with Crippen molar-refractivity contribution in [3.8, 4) is 22.8 Å². The number of nitrogens with zero attached hydrogens (tertiary/aromatic N) is 1. The minimum Gasteiger partial charge on any atom is -0.493 e. The van der Waals surface area contributed by atoms with Gasteiger partial charge in [-0.05, 0) is 24.1 Å². The Morgan fingerprint density at radius 2 is 1.95 bits per heavy atom. The van der Waals surface area contributed by atoms with E-state index < -0.39 is 0 Å². The van der Waals surface area contributed by atoms with Crippen LogP contribution in [0.3, 0.4) is 0 Å². The maximum atomic E-state index is 11.9. The fraction of sp³-hybridized carbons (Fsp3) is 0.375. The van der Waals surface area contributed by atoms with Crippen molar-refractivity contribution >= 4 is 5.91 Å². The van der Waals surface area contributed by atoms with Crippen molar-refractivity contribution in [2.75, 3.05) is 20.8 Å². The van der Waals surface area contributed by atoms with Crippen LogP contribution in [0.25, 0.3) is 11.3 Å². The predicted octanol–water partition coefficient (Wildman–Crippen LogP) is 2.74. The van der Waals surface area contributed by atoms with Gasteiger partial charge >= 0.3 is 0 Å². The minimum atomic E-state index is -0.246. The van der Waals surface area contributed by atoms with E-state index in [1.165, 1.54) is 0 Å². The van der Waals surface area contributed by atoms with Crippen molar-refractivity contribution in [1.29, 1.82) is 0 Å². The van der Waals surface area contributed by atoms with Crippen LogP contribution in [0.4, 0.5) is 0 Å². The average molecular weight is 304 g/mol. The van der Waals surface area contributed by atoms with Crippen LogP contribution in [0.5, 0.6) is 11.5 Å². The zero-order valence-electron chi connectivity index (χ0n) is 13.2. The molecular formula is C16H20N2O4. The number of aromatic nitrogens is 1. The monoisotopic (exact) mass is 304 g/mol. The molecule has 0 fully saturated rings. The molecule has 0 radical (unpaired) electrons. The van der Waals surface area contributed by atoms with E-state index in [-0.39, 0.29) is 11.6 Å². The van der Waals surface area contributed by atoms with Gasteiger partial charge in [0.15, 0.2) is 23.0 Å². The Bertz CT molecular complexity index is 649. The second kappa shape index (κ2) is 6.98. The van der Waals surface area contributed by atoms with Gasteiger partial charge in [-0.15, -0.1) is 0 Å². The van der Waals surface area contributed by atoms with E-state index in [0.29, 0.717) is 29.7 Å². The molecule has 0 aliphatic rings. The summed E-state index contributed by atoms with van der Waals surface area (Å²) in [6, 6.07) is 6.97. The van der Waals surface area contributed by atoms with Gasteiger partial charge in [-0.2, -0.15) is 0 Å². The van der Waals surface area contributed by atoms with E-state index in [9.17, 15) is 4.79 Å². The Hall–Kier alpha value is -2.50. The third-order valence-electron chi connectivity index (χ3n) is 3.08. The summed E-state index contributed by atoms with van der Waals surface area (Å²) in [6.07, 6.45) is 0. The van der Waals surface area contributed by atoms with E-state index >= 15 is 0 Å². The summed E-state index contributed by atoms with van der Waals surface area (Å²) < 4.78 is 15.7. The van der Waals surface area contributed by atoms with Crippen LogP contribution in [0.15, 0.2) is 28.8 Å². The Morgan fingerprint density at radius 1 is 1.23 bits per heavy atom. The molecule has 22 heavy (non-hydrogen) atoms. The maximum Gasteiger partial charge on any atom is 0.273 e. The number of ether oxygens (including phenoxy) is 2. The third kappa shape index (κ3) is 3.58. The Kier molecular flexibility index (Phi) is 5.04. The first-order valence-electron chi connectivity index (χ1n) is 7.02. The van der Waals surface area contributed by atoms with Crippen LogP contribution in [0, 0.1) is 5.92 Å². The number of carbonyl (C=O) groups excluding carboxylic acids is 1. The molecule has 0 saturated carbocycles. The Labute approximate surface area is 129 Å². The second-order valence-corrected chi connectivity index (χ2v) is 5.25. The summed E-state index contributed by atoms with van der Waals surface area (Å²) in [5.74, 6) is 1.84. The lowest BCUT2D eigenvalue weighted by Gasteiger charge is -2.07. The molecule has 1 N–H and O–H groups in total. The molecule has 0 aliphatic carbocycles. The quantitative estimate of drug-likeness (QED) is 0.888. The molecule has 1 aromatic heterocycles. The summed E-state index contributed by atoms with van der Waals surface area (Å²) in [7, 11) is 3.13. The highest BCUT2D eigenvalue weighted by molar-refractivity contribution is 5.93. The van der Waals surface area contributed by atoms with Gasteiger partial charge in [0, 0.05) is 18.2 Å². The highest BCUT2D eigenvalue weighted by Crippen LogP contribution is 2.32. The van der Waals surface area contributed by atoms with Crippen LogP contribution in [0.1, 0.15) is 24.3 Å². The predicted molar refractivity (Wildman–Crippen MR) is 82.2 cm³/mol. The first kappa shape index (κ1) is 15.9. The van der Waals surface area contributed by atoms with Gasteiger partial charge in [-0.3, -0.25) is 4.79 Å². The van der Waals surface area contributed by atoms with E-state index in [1.54, 1.807) is 32.4 Å². The van der Waals surface area contributed by atoms with Crippen LogP contribution >= 0.6 is 0 Å². The van der Waals surface area contributed by atoms with Crippen LogP contribution in [0.2, 0.25) is 0 Å². The lowest BCUT2D eigenvalue weighted by molar-refractivity contribution is 0.0940. The van der Waals surface area contributed by atoms with E-state index in [0.717, 1.165) is 5.56 Å². The number of hydrogen-bond donors (Lipinski definition) is 1. The SMILES string of the molecule is COc1ccc(-c2cc(C(=O)NCC(C)C)no2)cc1OC. The number of nitrogens with one attached hydrogen (secondary N) is 1. The lowest BCUT2D eigenvalue weighted by Crippen LogP contribution is -2.27. The van der Waals surface area contributed by atoms with Crippen molar-refractivity contribution in [3.05, 3.63) is 30.0 Å². The smallest absolute Gasteiger partial charge is 0.273 e. The fourth-order valence-electron chi connectivity index (χ4n) is 1.90. The number of amides is 1. The summed E-state index contributed by atoms with van der Waals surface area (Å²) in [6.45, 7) is 4.65. The topological polar surface area (TPSA) is 73.6 Å². The summed E-state index contributed by atoms with van der Waals surface area (Å²) in [5, 5.41) is 6.61. The summed E-state index contributed by atoms with van der Waals surface area (Å²) in [5.41, 5.74) is 1.01. The molecule has 6 nitrogen and oxygen atoms in total. The van der Waals surface area contributed by atoms with Crippen LogP contribution in [-0.2, 0) is 0 Å². The van der Waals surface area contributed by atoms with Crippen molar-refractivity contribution in [3.63, 3.8) is 0 Å². The molecule has 2 aromatic rings. The standard InChI is InChI=1S/C16H20N2O4/c1-10(2)9-17-16(19)12-8-14(22-18-12)11-5-6-13(20-3)15(7-11)21-4/h5-8,10H,9H2,1-4H3,(H,17,19). The Morgan fingerprint density at radius 3 is 2.59 bits per heavy atom. The number of hydrogen-bond acceptors (Lipinski definition) is 5. The largest absolute Gasteiger partial charge is 0.493 e. The van der Waals surface area contributed by atoms with Gasteiger partial charge < -0.3 is 19.3 Å². The van der Waals surface area contributed by atoms with Gasteiger partial charge in [0.1, 0.15) is 0 Å². The molecule has 0 saturated heterocycles. The van der Waals surface area contributed by atoms with Crippen LogP contribution < -0.4 is 14.8 Å². The molecule has 118 valence electrons. The molecule has 0 aliphatic heterocycles. The molecular weight excluding hydrogens is 284 g/mol. The summed E-state index contributed by atoms with van der Waals surface area (Å²) in [4.78, 5) is 11.9. The molecule has 0 spiro atoms. The van der Waals surface area contributed by atoms with Gasteiger partial charge in [-0.1, -0.05) is 19.0 Å². The zero-order chi connectivity index (χ0) is 16.1. The van der Waals surface area contributed by atoms with E-state index in [1.807, 2.05) is 19.9 Å². The van der Waals surface area contributed by atoms with Crippen molar-refractivity contribution in [2.24, 2.45) is 5.92 Å². The Balaban J connectivity index is 2.19. The van der Waals surface area contributed by atoms with Gasteiger partial charge in [-0.25, -0.2) is 0 Å². The number of rotatable bonds is 6. The molecule has 0 unspecified atom stereocenters. The van der Waals surface area contributed by atoms with Gasteiger partial charge in [0.2, 0.25) is 0 Å².